The summed E-state index contributed by atoms with van der Waals surface area (Å²) in [6, 6.07) is 0. The number of nitrogens with zero attached hydrogens (tertiary/aromatic N) is 3. The van der Waals surface area contributed by atoms with E-state index in [1.807, 2.05) is 33.8 Å². The molecule has 0 aliphatic heterocycles. The summed E-state index contributed by atoms with van der Waals surface area (Å²) >= 11 is 0. The first-order chi connectivity index (χ1) is 9.71. The van der Waals surface area contributed by atoms with Gasteiger partial charge in [0.05, 0.1) is 12.7 Å². The number of hydrogen-bond donors (Lipinski definition) is 1. The van der Waals surface area contributed by atoms with Crippen LogP contribution in [-0.2, 0) is 6.54 Å². The number of carbonyl (C=O) groups is 1. The number of hydrogen-bond acceptors (Lipinski definition) is 3. The van der Waals surface area contributed by atoms with Gasteiger partial charge in [0.2, 0.25) is 0 Å². The van der Waals surface area contributed by atoms with Gasteiger partial charge in [0.25, 0.3) is 5.91 Å². The van der Waals surface area contributed by atoms with Gasteiger partial charge in [-0.25, -0.2) is 4.68 Å². The van der Waals surface area contributed by atoms with E-state index in [4.69, 9.17) is 0 Å². The van der Waals surface area contributed by atoms with E-state index >= 15 is 0 Å². The first kappa shape index (κ1) is 20.2. The van der Waals surface area contributed by atoms with Crippen LogP contribution < -0.4 is 5.32 Å². The topological polar surface area (TPSA) is 59.8 Å². The molecule has 1 aromatic heterocycles. The second-order valence-electron chi connectivity index (χ2n) is 3.06. The summed E-state index contributed by atoms with van der Waals surface area (Å²) in [4.78, 5) is 11.2. The predicted octanol–water partition coefficient (Wildman–Crippen LogP) is 2.99. The van der Waals surface area contributed by atoms with Crippen LogP contribution in [0, 0.1) is 0 Å². The van der Waals surface area contributed by atoms with E-state index < -0.39 is 0 Å². The quantitative estimate of drug-likeness (QED) is 0.842. The van der Waals surface area contributed by atoms with E-state index in [0.29, 0.717) is 12.2 Å². The summed E-state index contributed by atoms with van der Waals surface area (Å²) < 4.78 is 1.57. The smallest absolute Gasteiger partial charge is 0.273 e. The second kappa shape index (κ2) is 13.3. The zero-order valence-corrected chi connectivity index (χ0v) is 13.2. The van der Waals surface area contributed by atoms with Gasteiger partial charge in [-0.05, 0) is 5.57 Å². The molecule has 0 fully saturated rings. The molecule has 1 amide bonds. The fourth-order valence-corrected chi connectivity index (χ4v) is 1.13. The first-order valence-corrected chi connectivity index (χ1v) is 6.77. The zero-order valence-electron chi connectivity index (χ0n) is 13.2. The molecule has 0 aromatic carbocycles. The van der Waals surface area contributed by atoms with Crippen LogP contribution in [0.1, 0.15) is 38.2 Å². The maximum absolute atomic E-state index is 11.2. The van der Waals surface area contributed by atoms with Crippen molar-refractivity contribution >= 4 is 5.91 Å². The van der Waals surface area contributed by atoms with Crippen LogP contribution in [0.15, 0.2) is 43.2 Å². The molecule has 0 bridgehead atoms. The highest BCUT2D eigenvalue weighted by molar-refractivity contribution is 5.91. The van der Waals surface area contributed by atoms with Gasteiger partial charge in [0.1, 0.15) is 0 Å². The lowest BCUT2D eigenvalue weighted by atomic mass is 10.2. The lowest BCUT2D eigenvalue weighted by Gasteiger charge is -1.99. The molecule has 0 atom stereocenters. The van der Waals surface area contributed by atoms with E-state index in [2.05, 4.69) is 28.8 Å². The van der Waals surface area contributed by atoms with Crippen molar-refractivity contribution in [2.24, 2.45) is 0 Å². The number of rotatable bonds is 5. The van der Waals surface area contributed by atoms with Crippen LogP contribution in [0.3, 0.4) is 0 Å². The van der Waals surface area contributed by atoms with Gasteiger partial charge >= 0.3 is 0 Å². The molecule has 112 valence electrons. The second-order valence-corrected chi connectivity index (χ2v) is 3.06. The molecule has 1 heterocycles. The van der Waals surface area contributed by atoms with Gasteiger partial charge < -0.3 is 5.32 Å². The molecule has 0 saturated carbocycles. The Morgan fingerprint density at radius 2 is 1.95 bits per heavy atom. The third-order valence-electron chi connectivity index (χ3n) is 1.94. The summed E-state index contributed by atoms with van der Waals surface area (Å²) in [5.74, 6) is -0.251. The van der Waals surface area contributed by atoms with Crippen LogP contribution in [0.25, 0.3) is 0 Å². The number of amides is 1. The molecule has 0 aliphatic carbocycles. The zero-order chi connectivity index (χ0) is 16.0. The van der Waals surface area contributed by atoms with Gasteiger partial charge in [0, 0.05) is 7.05 Å². The molecular formula is C15H26N4O. The molecule has 20 heavy (non-hydrogen) atoms. The normalized spacial score (nSPS) is 9.35. The molecule has 0 saturated heterocycles. The van der Waals surface area contributed by atoms with Crippen molar-refractivity contribution < 1.29 is 4.79 Å². The minimum Gasteiger partial charge on any atom is -0.354 e. The Morgan fingerprint density at radius 1 is 1.35 bits per heavy atom. The lowest BCUT2D eigenvalue weighted by Crippen LogP contribution is -2.18. The average Bonchev–Trinajstić information content (AvgIpc) is 2.98. The SMILES string of the molecule is C=C/C=C(\C=C)Cn1cc(C(=O)NC)nn1.CC.CC. The number of nitrogens with one attached hydrogen (secondary N) is 1. The van der Waals surface area contributed by atoms with Crippen molar-refractivity contribution in [3.8, 4) is 0 Å². The van der Waals surface area contributed by atoms with Crippen molar-refractivity contribution in [1.29, 1.82) is 0 Å². The highest BCUT2D eigenvalue weighted by atomic mass is 16.1. The maximum atomic E-state index is 11.2. The maximum Gasteiger partial charge on any atom is 0.273 e. The van der Waals surface area contributed by atoms with Crippen LogP contribution in [0.5, 0.6) is 0 Å². The van der Waals surface area contributed by atoms with Crippen molar-refractivity contribution in [3.05, 3.63) is 48.8 Å². The van der Waals surface area contributed by atoms with Crippen molar-refractivity contribution in [2.75, 3.05) is 7.05 Å². The Kier molecular flexibility index (Phi) is 13.4. The average molecular weight is 278 g/mol. The number of aromatic nitrogens is 3. The minimum atomic E-state index is -0.251. The molecule has 1 aromatic rings. The van der Waals surface area contributed by atoms with Crippen LogP contribution in [0.4, 0.5) is 0 Å². The van der Waals surface area contributed by atoms with Crippen molar-refractivity contribution in [2.45, 2.75) is 34.2 Å². The van der Waals surface area contributed by atoms with Crippen molar-refractivity contribution in [1.82, 2.24) is 20.3 Å². The van der Waals surface area contributed by atoms with Crippen LogP contribution >= 0.6 is 0 Å². The first-order valence-electron chi connectivity index (χ1n) is 6.77. The third kappa shape index (κ3) is 7.31. The summed E-state index contributed by atoms with van der Waals surface area (Å²) in [5.41, 5.74) is 1.24. The minimum absolute atomic E-state index is 0.251. The summed E-state index contributed by atoms with van der Waals surface area (Å²) in [6.07, 6.45) is 6.80. The number of allylic oxidation sites excluding steroid dienone is 4. The third-order valence-corrected chi connectivity index (χ3v) is 1.94. The molecule has 0 unspecified atom stereocenters. The summed E-state index contributed by atoms with van der Waals surface area (Å²) in [7, 11) is 1.55. The monoisotopic (exact) mass is 278 g/mol. The lowest BCUT2D eigenvalue weighted by molar-refractivity contribution is 0.0958. The van der Waals surface area contributed by atoms with Gasteiger partial charge in [-0.15, -0.1) is 5.10 Å². The molecule has 5 nitrogen and oxygen atoms in total. The van der Waals surface area contributed by atoms with E-state index in [9.17, 15) is 4.79 Å². The van der Waals surface area contributed by atoms with Gasteiger partial charge in [-0.3, -0.25) is 4.79 Å². The highest BCUT2D eigenvalue weighted by Gasteiger charge is 2.08. The standard InChI is InChI=1S/C11H14N4O.2C2H6/c1-4-6-9(5-2)7-15-8-10(13-14-15)11(16)12-3;2*1-2/h4-6,8H,1-2,7H2,3H3,(H,12,16);2*1-2H3/b9-6+;;. The Bertz CT molecular complexity index is 433. The molecular weight excluding hydrogens is 252 g/mol. The highest BCUT2D eigenvalue weighted by Crippen LogP contribution is 2.01. The molecule has 5 heteroatoms. The van der Waals surface area contributed by atoms with Gasteiger partial charge in [-0.2, -0.15) is 0 Å². The fourth-order valence-electron chi connectivity index (χ4n) is 1.13. The predicted molar refractivity (Wildman–Crippen MR) is 84.6 cm³/mol. The molecule has 1 rings (SSSR count). The largest absolute Gasteiger partial charge is 0.354 e. The van der Waals surface area contributed by atoms with E-state index in [1.165, 1.54) is 0 Å². The Morgan fingerprint density at radius 3 is 2.40 bits per heavy atom. The Balaban J connectivity index is 0. The summed E-state index contributed by atoms with van der Waals surface area (Å²) in [5, 5.41) is 10.1. The van der Waals surface area contributed by atoms with Crippen LogP contribution in [-0.4, -0.2) is 27.9 Å². The Labute approximate surface area is 122 Å². The van der Waals surface area contributed by atoms with E-state index in [1.54, 1.807) is 30.1 Å². The molecule has 0 spiro atoms. The van der Waals surface area contributed by atoms with Gasteiger partial charge in [-0.1, -0.05) is 64.3 Å². The molecule has 1 N–H and O–H groups in total. The van der Waals surface area contributed by atoms with Gasteiger partial charge in [0.15, 0.2) is 5.69 Å². The van der Waals surface area contributed by atoms with Crippen LogP contribution in [0.2, 0.25) is 0 Å². The van der Waals surface area contributed by atoms with E-state index in [-0.39, 0.29) is 5.91 Å². The summed E-state index contributed by atoms with van der Waals surface area (Å²) in [6.45, 7) is 15.8. The Hall–Kier alpha value is -2.17. The molecule has 0 aliphatic rings. The number of carbonyl (C=O) groups excluding carboxylic acids is 1. The fraction of sp³-hybridized carbons (Fsp3) is 0.400. The van der Waals surface area contributed by atoms with Crippen molar-refractivity contribution in [3.63, 3.8) is 0 Å². The molecule has 0 radical (unpaired) electrons. The van der Waals surface area contributed by atoms with E-state index in [0.717, 1.165) is 5.57 Å².